The van der Waals surface area contributed by atoms with Crippen molar-refractivity contribution in [3.8, 4) is 0 Å². The normalized spacial score (nSPS) is 34.9. The van der Waals surface area contributed by atoms with E-state index in [9.17, 15) is 0 Å². The summed E-state index contributed by atoms with van der Waals surface area (Å²) in [4.78, 5) is 0. The molecule has 0 bridgehead atoms. The van der Waals surface area contributed by atoms with Gasteiger partial charge in [-0.25, -0.2) is 0 Å². The van der Waals surface area contributed by atoms with Gasteiger partial charge < -0.3 is 5.21 Å². The zero-order valence-corrected chi connectivity index (χ0v) is 7.21. The van der Waals surface area contributed by atoms with E-state index >= 15 is 0 Å². The molecule has 0 aromatic rings. The molecule has 0 spiro atoms. The number of alkyl halides is 1. The second-order valence-corrected chi connectivity index (χ2v) is 3.78. The summed E-state index contributed by atoms with van der Waals surface area (Å²) in [6, 6.07) is 0.166. The van der Waals surface area contributed by atoms with Crippen LogP contribution in [0.5, 0.6) is 0 Å². The van der Waals surface area contributed by atoms with E-state index in [0.717, 1.165) is 12.8 Å². The fourth-order valence-corrected chi connectivity index (χ4v) is 1.68. The Bertz CT molecular complexity index is 116. The van der Waals surface area contributed by atoms with Gasteiger partial charge in [0.05, 0.1) is 6.04 Å². The molecule has 2 N–H and O–H groups in total. The zero-order valence-electron chi connectivity index (χ0n) is 5.05. The molecule has 3 heteroatoms. The van der Waals surface area contributed by atoms with E-state index in [2.05, 4.69) is 34.1 Å². The van der Waals surface area contributed by atoms with Gasteiger partial charge in [-0.05, 0) is 12.8 Å². The predicted molar refractivity (Wildman–Crippen MR) is 44.9 cm³/mol. The van der Waals surface area contributed by atoms with Crippen molar-refractivity contribution in [2.24, 2.45) is 0 Å². The van der Waals surface area contributed by atoms with Crippen LogP contribution in [0.15, 0.2) is 12.2 Å². The lowest BCUT2D eigenvalue weighted by molar-refractivity contribution is 0.141. The highest BCUT2D eigenvalue weighted by Gasteiger charge is 2.16. The maximum absolute atomic E-state index is 8.56. The van der Waals surface area contributed by atoms with Crippen molar-refractivity contribution in [3.05, 3.63) is 12.2 Å². The highest BCUT2D eigenvalue weighted by molar-refractivity contribution is 14.1. The molecular formula is C6H10INO. The van der Waals surface area contributed by atoms with Crippen molar-refractivity contribution in [2.45, 2.75) is 22.8 Å². The highest BCUT2D eigenvalue weighted by atomic mass is 127. The van der Waals surface area contributed by atoms with Gasteiger partial charge in [0, 0.05) is 3.92 Å². The first-order chi connectivity index (χ1) is 4.34. The predicted octanol–water partition coefficient (Wildman–Crippen LogP) is 1.49. The molecule has 1 aliphatic rings. The van der Waals surface area contributed by atoms with E-state index < -0.39 is 0 Å². The smallest absolute Gasteiger partial charge is 0.0617 e. The van der Waals surface area contributed by atoms with Crippen LogP contribution in [0.4, 0.5) is 0 Å². The fourth-order valence-electron chi connectivity index (χ4n) is 0.922. The molecule has 2 atom stereocenters. The summed E-state index contributed by atoms with van der Waals surface area (Å²) in [7, 11) is 0. The van der Waals surface area contributed by atoms with E-state index in [-0.39, 0.29) is 6.04 Å². The van der Waals surface area contributed by atoms with Gasteiger partial charge in [-0.1, -0.05) is 34.7 Å². The molecule has 0 saturated carbocycles. The molecule has 0 heterocycles. The van der Waals surface area contributed by atoms with Crippen LogP contribution in [-0.4, -0.2) is 15.2 Å². The van der Waals surface area contributed by atoms with E-state index in [0.29, 0.717) is 3.92 Å². The van der Waals surface area contributed by atoms with Crippen molar-refractivity contribution in [3.63, 3.8) is 0 Å². The first-order valence-electron chi connectivity index (χ1n) is 3.05. The van der Waals surface area contributed by atoms with Crippen LogP contribution in [0, 0.1) is 0 Å². The lowest BCUT2D eigenvalue weighted by Crippen LogP contribution is -2.33. The molecule has 0 amide bonds. The minimum Gasteiger partial charge on any atom is -0.316 e. The van der Waals surface area contributed by atoms with Crippen LogP contribution < -0.4 is 5.48 Å². The second-order valence-electron chi connectivity index (χ2n) is 2.18. The third kappa shape index (κ3) is 1.91. The Morgan fingerprint density at radius 2 is 2.44 bits per heavy atom. The van der Waals surface area contributed by atoms with Gasteiger partial charge in [0.1, 0.15) is 0 Å². The number of hydrogen-bond donors (Lipinski definition) is 2. The summed E-state index contributed by atoms with van der Waals surface area (Å²) in [6.45, 7) is 0. The third-order valence-corrected chi connectivity index (χ3v) is 2.89. The minimum absolute atomic E-state index is 0.166. The maximum atomic E-state index is 8.56. The van der Waals surface area contributed by atoms with Crippen LogP contribution in [0.1, 0.15) is 12.8 Å². The number of hydroxylamine groups is 1. The molecule has 1 rings (SSSR count). The number of rotatable bonds is 1. The maximum Gasteiger partial charge on any atom is 0.0617 e. The van der Waals surface area contributed by atoms with E-state index in [4.69, 9.17) is 5.21 Å². The van der Waals surface area contributed by atoms with Crippen molar-refractivity contribution >= 4 is 22.6 Å². The van der Waals surface area contributed by atoms with E-state index in [1.54, 1.807) is 0 Å². The lowest BCUT2D eigenvalue weighted by atomic mass is 10.0. The third-order valence-electron chi connectivity index (χ3n) is 1.49. The van der Waals surface area contributed by atoms with Gasteiger partial charge in [-0.3, -0.25) is 0 Å². The molecule has 0 aromatic carbocycles. The largest absolute Gasteiger partial charge is 0.316 e. The fraction of sp³-hybridized carbons (Fsp3) is 0.667. The number of hydrogen-bond acceptors (Lipinski definition) is 2. The standard InChI is InChI=1S/C6H10INO/c7-5-3-1-2-4-6(5)8-9/h2,4-6,8-9H,1,3H2. The lowest BCUT2D eigenvalue weighted by Gasteiger charge is -2.20. The summed E-state index contributed by atoms with van der Waals surface area (Å²) >= 11 is 2.35. The zero-order chi connectivity index (χ0) is 6.69. The molecule has 0 fully saturated rings. The topological polar surface area (TPSA) is 32.3 Å². The summed E-state index contributed by atoms with van der Waals surface area (Å²) < 4.78 is 0.539. The Balaban J connectivity index is 2.46. The van der Waals surface area contributed by atoms with Gasteiger partial charge >= 0.3 is 0 Å². The average molecular weight is 239 g/mol. The monoisotopic (exact) mass is 239 g/mol. The van der Waals surface area contributed by atoms with Crippen molar-refractivity contribution < 1.29 is 5.21 Å². The summed E-state index contributed by atoms with van der Waals surface area (Å²) in [5, 5.41) is 8.56. The number of halogens is 1. The quantitative estimate of drug-likeness (QED) is 0.314. The second kappa shape index (κ2) is 3.53. The molecule has 0 aromatic heterocycles. The summed E-state index contributed by atoms with van der Waals surface area (Å²) in [6.07, 6.45) is 6.42. The van der Waals surface area contributed by atoms with Crippen molar-refractivity contribution in [1.82, 2.24) is 5.48 Å². The molecule has 0 radical (unpaired) electrons. The van der Waals surface area contributed by atoms with Gasteiger partial charge in [0.15, 0.2) is 0 Å². The van der Waals surface area contributed by atoms with E-state index in [1.807, 2.05) is 6.08 Å². The highest BCUT2D eigenvalue weighted by Crippen LogP contribution is 2.18. The summed E-state index contributed by atoms with van der Waals surface area (Å²) in [5.41, 5.74) is 2.26. The molecule has 1 aliphatic carbocycles. The van der Waals surface area contributed by atoms with Crippen LogP contribution in [0.2, 0.25) is 0 Å². The van der Waals surface area contributed by atoms with Crippen LogP contribution in [0.3, 0.4) is 0 Å². The van der Waals surface area contributed by atoms with Crippen LogP contribution in [-0.2, 0) is 0 Å². The first kappa shape index (κ1) is 7.50. The van der Waals surface area contributed by atoms with Crippen molar-refractivity contribution in [1.29, 1.82) is 0 Å². The number of allylic oxidation sites excluding steroid dienone is 1. The molecular weight excluding hydrogens is 229 g/mol. The van der Waals surface area contributed by atoms with Crippen LogP contribution >= 0.6 is 22.6 Å². The Morgan fingerprint density at radius 3 is 2.89 bits per heavy atom. The Morgan fingerprint density at radius 1 is 1.67 bits per heavy atom. The van der Waals surface area contributed by atoms with Crippen LogP contribution in [0.25, 0.3) is 0 Å². The molecule has 2 unspecified atom stereocenters. The molecule has 0 saturated heterocycles. The van der Waals surface area contributed by atoms with Crippen molar-refractivity contribution in [2.75, 3.05) is 0 Å². The molecule has 2 nitrogen and oxygen atoms in total. The van der Waals surface area contributed by atoms with Gasteiger partial charge in [0.25, 0.3) is 0 Å². The minimum atomic E-state index is 0.166. The van der Waals surface area contributed by atoms with Gasteiger partial charge in [-0.15, -0.1) is 0 Å². The molecule has 52 valence electrons. The average Bonchev–Trinajstić information content (AvgIpc) is 1.89. The van der Waals surface area contributed by atoms with Gasteiger partial charge in [0.2, 0.25) is 0 Å². The van der Waals surface area contributed by atoms with Gasteiger partial charge in [-0.2, -0.15) is 5.48 Å². The number of nitrogens with one attached hydrogen (secondary N) is 1. The Kier molecular flexibility index (Phi) is 2.94. The first-order valence-corrected chi connectivity index (χ1v) is 4.29. The Labute approximate surface area is 68.4 Å². The Hall–Kier alpha value is 0.390. The van der Waals surface area contributed by atoms with E-state index in [1.165, 1.54) is 0 Å². The molecule has 9 heavy (non-hydrogen) atoms. The molecule has 0 aliphatic heterocycles. The SMILES string of the molecule is ONC1C=CCCC1I. The summed E-state index contributed by atoms with van der Waals surface area (Å²) in [5.74, 6) is 0.